The van der Waals surface area contributed by atoms with Crippen molar-refractivity contribution < 1.29 is 9.59 Å². The number of rotatable bonds is 1. The third-order valence-electron chi connectivity index (χ3n) is 3.21. The Labute approximate surface area is 115 Å². The number of anilines is 1. The number of hydrogen-bond acceptors (Lipinski definition) is 2. The van der Waals surface area contributed by atoms with Gasteiger partial charge in [-0.25, -0.2) is 4.90 Å². The van der Waals surface area contributed by atoms with Crippen molar-refractivity contribution in [3.05, 3.63) is 64.2 Å². The third-order valence-corrected chi connectivity index (χ3v) is 3.51. The Bertz CT molecular complexity index is 654. The lowest BCUT2D eigenvalue weighted by atomic mass is 10.1. The average molecular weight is 272 g/mol. The number of hydrogen-bond donors (Lipinski definition) is 0. The Balaban J connectivity index is 2.20. The maximum Gasteiger partial charge on any atom is 0.266 e. The molecule has 0 aromatic heterocycles. The molecule has 2 amide bonds. The van der Waals surface area contributed by atoms with Crippen LogP contribution in [0.25, 0.3) is 0 Å². The van der Waals surface area contributed by atoms with Gasteiger partial charge in [0.25, 0.3) is 11.8 Å². The number of carbonyl (C=O) groups excluding carboxylic acids is 2. The maximum atomic E-state index is 12.4. The van der Waals surface area contributed by atoms with Gasteiger partial charge in [-0.15, -0.1) is 0 Å². The van der Waals surface area contributed by atoms with E-state index in [0.717, 1.165) is 10.5 Å². The third kappa shape index (κ3) is 1.66. The molecule has 1 aliphatic heterocycles. The lowest BCUT2D eigenvalue weighted by Crippen LogP contribution is -2.30. The molecular weight excluding hydrogens is 262 g/mol. The van der Waals surface area contributed by atoms with Gasteiger partial charge >= 0.3 is 0 Å². The first-order valence-corrected chi connectivity index (χ1v) is 6.22. The molecule has 1 aliphatic rings. The molecule has 0 radical (unpaired) electrons. The normalized spacial score (nSPS) is 13.9. The molecule has 0 atom stereocenters. The summed E-state index contributed by atoms with van der Waals surface area (Å²) < 4.78 is 0. The van der Waals surface area contributed by atoms with Gasteiger partial charge in [-0.3, -0.25) is 9.59 Å². The number of amides is 2. The lowest BCUT2D eigenvalue weighted by Gasteiger charge is -2.17. The van der Waals surface area contributed by atoms with Crippen LogP contribution >= 0.6 is 11.6 Å². The van der Waals surface area contributed by atoms with Crippen LogP contribution in [0.15, 0.2) is 42.5 Å². The molecule has 94 valence electrons. The smallest absolute Gasteiger partial charge is 0.266 e. The molecule has 0 fully saturated rings. The van der Waals surface area contributed by atoms with Crippen molar-refractivity contribution in [1.29, 1.82) is 0 Å². The molecule has 2 aromatic rings. The molecule has 0 bridgehead atoms. The Morgan fingerprint density at radius 3 is 2.00 bits per heavy atom. The maximum absolute atomic E-state index is 12.4. The van der Waals surface area contributed by atoms with E-state index < -0.39 is 0 Å². The van der Waals surface area contributed by atoms with E-state index in [2.05, 4.69) is 0 Å². The summed E-state index contributed by atoms with van der Waals surface area (Å²) in [4.78, 5) is 25.9. The molecule has 0 saturated heterocycles. The van der Waals surface area contributed by atoms with E-state index in [9.17, 15) is 9.59 Å². The molecule has 3 rings (SSSR count). The monoisotopic (exact) mass is 271 g/mol. The minimum Gasteiger partial charge on any atom is -0.268 e. The fourth-order valence-electron chi connectivity index (χ4n) is 2.30. The van der Waals surface area contributed by atoms with Crippen molar-refractivity contribution >= 4 is 29.1 Å². The summed E-state index contributed by atoms with van der Waals surface area (Å²) in [5, 5.41) is 0.398. The molecule has 19 heavy (non-hydrogen) atoms. The van der Waals surface area contributed by atoms with Crippen LogP contribution in [0.4, 0.5) is 5.69 Å². The second kappa shape index (κ2) is 4.21. The van der Waals surface area contributed by atoms with Crippen LogP contribution in [0.5, 0.6) is 0 Å². The molecule has 0 saturated carbocycles. The van der Waals surface area contributed by atoms with E-state index in [1.807, 2.05) is 13.0 Å². The van der Waals surface area contributed by atoms with Gasteiger partial charge in [0.05, 0.1) is 21.8 Å². The molecule has 0 aliphatic carbocycles. The highest BCUT2D eigenvalue weighted by molar-refractivity contribution is 6.40. The first kappa shape index (κ1) is 11.9. The van der Waals surface area contributed by atoms with Gasteiger partial charge < -0.3 is 0 Å². The zero-order chi connectivity index (χ0) is 13.6. The zero-order valence-electron chi connectivity index (χ0n) is 10.2. The number of nitrogens with zero attached hydrogens (tertiary/aromatic N) is 1. The molecule has 0 spiro atoms. The van der Waals surface area contributed by atoms with Crippen molar-refractivity contribution in [2.75, 3.05) is 4.90 Å². The number of benzene rings is 2. The largest absolute Gasteiger partial charge is 0.268 e. The molecular formula is C15H10ClNO2. The summed E-state index contributed by atoms with van der Waals surface area (Å²) in [5.41, 5.74) is 2.11. The Morgan fingerprint density at radius 1 is 0.895 bits per heavy atom. The summed E-state index contributed by atoms with van der Waals surface area (Å²) in [5.74, 6) is -0.645. The summed E-state index contributed by atoms with van der Waals surface area (Å²) in [7, 11) is 0. The number of aryl methyl sites for hydroxylation is 1. The van der Waals surface area contributed by atoms with Gasteiger partial charge in [-0.1, -0.05) is 35.9 Å². The van der Waals surface area contributed by atoms with Crippen LogP contribution in [0.3, 0.4) is 0 Å². The van der Waals surface area contributed by atoms with E-state index in [4.69, 9.17) is 11.6 Å². The van der Waals surface area contributed by atoms with Crippen LogP contribution in [0.1, 0.15) is 26.3 Å². The highest BCUT2D eigenvalue weighted by Crippen LogP contribution is 2.35. The SMILES string of the molecule is Cc1cccc(Cl)c1N1C(=O)c2ccccc2C1=O. The van der Waals surface area contributed by atoms with Crippen LogP contribution in [-0.2, 0) is 0 Å². The van der Waals surface area contributed by atoms with Gasteiger partial charge in [0.1, 0.15) is 0 Å². The highest BCUT2D eigenvalue weighted by atomic mass is 35.5. The van der Waals surface area contributed by atoms with Gasteiger partial charge in [0.15, 0.2) is 0 Å². The van der Waals surface area contributed by atoms with E-state index >= 15 is 0 Å². The first-order valence-electron chi connectivity index (χ1n) is 5.84. The molecule has 3 nitrogen and oxygen atoms in total. The predicted octanol–water partition coefficient (Wildman–Crippen LogP) is 3.45. The van der Waals surface area contributed by atoms with Gasteiger partial charge in [-0.05, 0) is 30.7 Å². The van der Waals surface area contributed by atoms with Gasteiger partial charge in [-0.2, -0.15) is 0 Å². The molecule has 0 unspecified atom stereocenters. The molecule has 4 heteroatoms. The van der Waals surface area contributed by atoms with E-state index in [1.54, 1.807) is 36.4 Å². The van der Waals surface area contributed by atoms with Gasteiger partial charge in [0.2, 0.25) is 0 Å². The molecule has 2 aromatic carbocycles. The van der Waals surface area contributed by atoms with Gasteiger partial charge in [0, 0.05) is 0 Å². The lowest BCUT2D eigenvalue weighted by molar-refractivity contribution is 0.0926. The average Bonchev–Trinajstić information content (AvgIpc) is 2.64. The topological polar surface area (TPSA) is 37.4 Å². The standard InChI is InChI=1S/C15H10ClNO2/c1-9-5-4-8-12(16)13(9)17-14(18)10-6-2-3-7-11(10)15(17)19/h2-8H,1H3. The highest BCUT2D eigenvalue weighted by Gasteiger charge is 2.37. The summed E-state index contributed by atoms with van der Waals surface area (Å²) >= 11 is 6.14. The van der Waals surface area contributed by atoms with Crippen molar-refractivity contribution in [3.8, 4) is 0 Å². The van der Waals surface area contributed by atoms with E-state index in [0.29, 0.717) is 21.8 Å². The second-order valence-corrected chi connectivity index (χ2v) is 4.80. The van der Waals surface area contributed by atoms with Crippen LogP contribution < -0.4 is 4.90 Å². The van der Waals surface area contributed by atoms with Crippen molar-refractivity contribution in [3.63, 3.8) is 0 Å². The minimum atomic E-state index is -0.322. The van der Waals surface area contributed by atoms with Crippen molar-refractivity contribution in [2.24, 2.45) is 0 Å². The Hall–Kier alpha value is -2.13. The van der Waals surface area contributed by atoms with Crippen molar-refractivity contribution in [2.45, 2.75) is 6.92 Å². The number of para-hydroxylation sites is 1. The van der Waals surface area contributed by atoms with Crippen LogP contribution in [-0.4, -0.2) is 11.8 Å². The number of carbonyl (C=O) groups is 2. The van der Waals surface area contributed by atoms with E-state index in [-0.39, 0.29) is 11.8 Å². The first-order chi connectivity index (χ1) is 9.11. The minimum absolute atomic E-state index is 0.322. The van der Waals surface area contributed by atoms with E-state index in [1.165, 1.54) is 0 Å². The zero-order valence-corrected chi connectivity index (χ0v) is 10.9. The molecule has 0 N–H and O–H groups in total. The Kier molecular flexibility index (Phi) is 2.64. The fourth-order valence-corrected chi connectivity index (χ4v) is 2.60. The fraction of sp³-hybridized carbons (Fsp3) is 0.0667. The van der Waals surface area contributed by atoms with Crippen LogP contribution in [0, 0.1) is 6.92 Å². The molecule has 1 heterocycles. The number of imide groups is 1. The number of halogens is 1. The summed E-state index contributed by atoms with van der Waals surface area (Å²) in [6.45, 7) is 1.82. The second-order valence-electron chi connectivity index (χ2n) is 4.40. The predicted molar refractivity (Wildman–Crippen MR) is 73.8 cm³/mol. The summed E-state index contributed by atoms with van der Waals surface area (Å²) in [6.07, 6.45) is 0. The number of fused-ring (bicyclic) bond motifs is 1. The summed E-state index contributed by atoms with van der Waals surface area (Å²) in [6, 6.07) is 12.1. The van der Waals surface area contributed by atoms with Crippen LogP contribution in [0.2, 0.25) is 5.02 Å². The van der Waals surface area contributed by atoms with Crippen molar-refractivity contribution in [1.82, 2.24) is 0 Å². The quantitative estimate of drug-likeness (QED) is 0.745. The Morgan fingerprint density at radius 2 is 1.47 bits per heavy atom.